The third-order valence-electron chi connectivity index (χ3n) is 1.32. The zero-order chi connectivity index (χ0) is 10.6. The number of hydrogen-bond acceptors (Lipinski definition) is 3. The van der Waals surface area contributed by atoms with Crippen molar-refractivity contribution in [2.75, 3.05) is 14.1 Å². The van der Waals surface area contributed by atoms with Gasteiger partial charge in [0.25, 0.3) is 0 Å². The summed E-state index contributed by atoms with van der Waals surface area (Å²) in [6, 6.07) is 6.64. The fourth-order valence-electron chi connectivity index (χ4n) is 0.843. The summed E-state index contributed by atoms with van der Waals surface area (Å²) < 4.78 is 4.93. The molecule has 1 aromatic carbocycles. The quantitative estimate of drug-likeness (QED) is 0.765. The highest BCUT2D eigenvalue weighted by atomic mass is 35.5. The lowest BCUT2D eigenvalue weighted by Gasteiger charge is -2.11. The monoisotopic (exact) mass is 214 g/mol. The van der Waals surface area contributed by atoms with Gasteiger partial charge in [-0.3, -0.25) is 5.43 Å². The number of ether oxygens (including phenoxy) is 1. The fourth-order valence-corrected chi connectivity index (χ4v) is 1.02. The van der Waals surface area contributed by atoms with Crippen LogP contribution in [0.2, 0.25) is 5.02 Å². The van der Waals surface area contributed by atoms with Gasteiger partial charge in [-0.15, -0.1) is 0 Å². The summed E-state index contributed by atoms with van der Waals surface area (Å²) in [4.78, 5) is 11.1. The number of rotatable bonds is 2. The van der Waals surface area contributed by atoms with Crippen molar-refractivity contribution in [3.8, 4) is 5.75 Å². The summed E-state index contributed by atoms with van der Waals surface area (Å²) >= 11 is 5.71. The van der Waals surface area contributed by atoms with Gasteiger partial charge in [0.15, 0.2) is 0 Å². The second-order valence-electron chi connectivity index (χ2n) is 2.85. The molecule has 1 N–H and O–H groups in total. The highest BCUT2D eigenvalue weighted by molar-refractivity contribution is 6.30. The first-order valence-corrected chi connectivity index (χ1v) is 4.37. The lowest BCUT2D eigenvalue weighted by Crippen LogP contribution is -2.38. The smallest absolute Gasteiger partial charge is 0.409 e. The molecule has 0 saturated carbocycles. The maximum Gasteiger partial charge on any atom is 0.427 e. The van der Waals surface area contributed by atoms with Crippen LogP contribution in [0.15, 0.2) is 24.3 Å². The van der Waals surface area contributed by atoms with Crippen LogP contribution in [-0.4, -0.2) is 25.2 Å². The first-order valence-electron chi connectivity index (χ1n) is 3.99. The van der Waals surface area contributed by atoms with Crippen molar-refractivity contribution in [2.24, 2.45) is 0 Å². The van der Waals surface area contributed by atoms with Crippen molar-refractivity contribution in [3.05, 3.63) is 29.3 Å². The Morgan fingerprint density at radius 1 is 1.50 bits per heavy atom. The molecule has 14 heavy (non-hydrogen) atoms. The molecule has 0 aliphatic carbocycles. The Morgan fingerprint density at radius 3 is 2.79 bits per heavy atom. The average Bonchev–Trinajstić information content (AvgIpc) is 2.01. The summed E-state index contributed by atoms with van der Waals surface area (Å²) in [5.41, 5.74) is 2.44. The summed E-state index contributed by atoms with van der Waals surface area (Å²) in [5, 5.41) is 2.02. The Labute approximate surface area is 87.4 Å². The normalized spacial score (nSPS) is 10.0. The summed E-state index contributed by atoms with van der Waals surface area (Å²) in [6.45, 7) is 0. The van der Waals surface area contributed by atoms with Crippen molar-refractivity contribution in [1.82, 2.24) is 10.4 Å². The van der Waals surface area contributed by atoms with Gasteiger partial charge in [-0.1, -0.05) is 17.7 Å². The second kappa shape index (κ2) is 4.83. The molecule has 0 bridgehead atoms. The molecule has 0 unspecified atom stereocenters. The molecule has 4 nitrogen and oxygen atoms in total. The van der Waals surface area contributed by atoms with Crippen molar-refractivity contribution < 1.29 is 9.53 Å². The maximum absolute atomic E-state index is 11.1. The third-order valence-corrected chi connectivity index (χ3v) is 1.56. The van der Waals surface area contributed by atoms with Gasteiger partial charge in [0.1, 0.15) is 5.75 Å². The lowest BCUT2D eigenvalue weighted by atomic mass is 10.3. The van der Waals surface area contributed by atoms with E-state index < -0.39 is 6.09 Å². The number of hydrogen-bond donors (Lipinski definition) is 1. The van der Waals surface area contributed by atoms with E-state index in [1.807, 2.05) is 0 Å². The van der Waals surface area contributed by atoms with E-state index in [4.69, 9.17) is 16.3 Å². The molecular weight excluding hydrogens is 204 g/mol. The predicted octanol–water partition coefficient (Wildman–Crippen LogP) is 1.91. The minimum absolute atomic E-state index is 0.414. The summed E-state index contributed by atoms with van der Waals surface area (Å²) in [7, 11) is 3.39. The summed E-state index contributed by atoms with van der Waals surface area (Å²) in [5.74, 6) is 0.414. The van der Waals surface area contributed by atoms with Crippen LogP contribution >= 0.6 is 11.6 Å². The van der Waals surface area contributed by atoms with Crippen LogP contribution in [0.1, 0.15) is 0 Å². The highest BCUT2D eigenvalue weighted by Gasteiger charge is 2.04. The molecule has 1 aromatic rings. The molecule has 0 fully saturated rings. The first kappa shape index (κ1) is 10.8. The van der Waals surface area contributed by atoms with Crippen LogP contribution in [0.25, 0.3) is 0 Å². The van der Waals surface area contributed by atoms with E-state index in [1.165, 1.54) is 5.01 Å². The number of carbonyl (C=O) groups excluding carboxylic acids is 1. The Hall–Kier alpha value is -1.26. The minimum Gasteiger partial charge on any atom is -0.409 e. The van der Waals surface area contributed by atoms with Gasteiger partial charge >= 0.3 is 6.09 Å². The number of carbonyl (C=O) groups is 1. The van der Waals surface area contributed by atoms with E-state index in [0.29, 0.717) is 10.8 Å². The van der Waals surface area contributed by atoms with Gasteiger partial charge in [0.2, 0.25) is 0 Å². The van der Waals surface area contributed by atoms with Gasteiger partial charge in [-0.2, -0.15) is 0 Å². The van der Waals surface area contributed by atoms with Gasteiger partial charge in [0.05, 0.1) is 0 Å². The number of nitrogens with zero attached hydrogens (tertiary/aromatic N) is 1. The molecular formula is C9H11ClN2O2. The minimum atomic E-state index is -0.544. The molecule has 0 aliphatic rings. The lowest BCUT2D eigenvalue weighted by molar-refractivity contribution is 0.171. The van der Waals surface area contributed by atoms with Crippen LogP contribution in [-0.2, 0) is 0 Å². The number of hydrazine groups is 1. The van der Waals surface area contributed by atoms with Gasteiger partial charge < -0.3 is 4.74 Å². The molecule has 1 amide bonds. The van der Waals surface area contributed by atoms with Crippen molar-refractivity contribution >= 4 is 17.7 Å². The number of amides is 1. The second-order valence-corrected chi connectivity index (χ2v) is 3.29. The average molecular weight is 215 g/mol. The Morgan fingerprint density at radius 2 is 2.21 bits per heavy atom. The van der Waals surface area contributed by atoms with E-state index in [2.05, 4.69) is 5.43 Å². The first-order chi connectivity index (χ1) is 6.58. The molecule has 1 rings (SSSR count). The van der Waals surface area contributed by atoms with E-state index in [-0.39, 0.29) is 0 Å². The van der Waals surface area contributed by atoms with Gasteiger partial charge in [-0.05, 0) is 18.2 Å². The van der Waals surface area contributed by atoms with Crippen molar-refractivity contribution in [1.29, 1.82) is 0 Å². The highest BCUT2D eigenvalue weighted by Crippen LogP contribution is 2.16. The SMILES string of the molecule is CN(C)NC(=O)Oc1cccc(Cl)c1. The van der Waals surface area contributed by atoms with Crippen LogP contribution in [0.4, 0.5) is 4.79 Å². The van der Waals surface area contributed by atoms with Crippen LogP contribution in [0.5, 0.6) is 5.75 Å². The van der Waals surface area contributed by atoms with E-state index in [9.17, 15) is 4.79 Å². The Kier molecular flexibility index (Phi) is 3.73. The standard InChI is InChI=1S/C9H11ClN2O2/c1-12(2)11-9(13)14-8-5-3-4-7(10)6-8/h3-6H,1-2H3,(H,11,13). The zero-order valence-corrected chi connectivity index (χ0v) is 8.71. The molecule has 0 saturated heterocycles. The van der Waals surface area contributed by atoms with Crippen LogP contribution < -0.4 is 10.2 Å². The topological polar surface area (TPSA) is 41.6 Å². The van der Waals surface area contributed by atoms with Gasteiger partial charge in [-0.25, -0.2) is 9.80 Å². The van der Waals surface area contributed by atoms with E-state index in [1.54, 1.807) is 38.4 Å². The van der Waals surface area contributed by atoms with Crippen LogP contribution in [0.3, 0.4) is 0 Å². The maximum atomic E-state index is 11.1. The third kappa shape index (κ3) is 3.64. The van der Waals surface area contributed by atoms with Crippen molar-refractivity contribution in [2.45, 2.75) is 0 Å². The fraction of sp³-hybridized carbons (Fsp3) is 0.222. The van der Waals surface area contributed by atoms with Gasteiger partial charge in [0, 0.05) is 19.1 Å². The van der Waals surface area contributed by atoms with E-state index >= 15 is 0 Å². The molecule has 0 atom stereocenters. The van der Waals surface area contributed by atoms with Crippen molar-refractivity contribution in [3.63, 3.8) is 0 Å². The molecule has 0 radical (unpaired) electrons. The van der Waals surface area contributed by atoms with Crippen LogP contribution in [0, 0.1) is 0 Å². The summed E-state index contributed by atoms with van der Waals surface area (Å²) in [6.07, 6.45) is -0.544. The zero-order valence-electron chi connectivity index (χ0n) is 7.95. The Balaban J connectivity index is 2.56. The molecule has 76 valence electrons. The Bertz CT molecular complexity index is 328. The number of benzene rings is 1. The molecule has 0 spiro atoms. The molecule has 5 heteroatoms. The van der Waals surface area contributed by atoms with E-state index in [0.717, 1.165) is 0 Å². The number of halogens is 1. The molecule has 0 heterocycles. The molecule has 0 aliphatic heterocycles. The molecule has 0 aromatic heterocycles. The largest absolute Gasteiger partial charge is 0.427 e. The number of nitrogens with one attached hydrogen (secondary N) is 1. The predicted molar refractivity (Wildman–Crippen MR) is 54.3 cm³/mol.